The van der Waals surface area contributed by atoms with Crippen LogP contribution in [0.5, 0.6) is 0 Å². The molecule has 1 amide bonds. The van der Waals surface area contributed by atoms with E-state index in [9.17, 15) is 9.59 Å². The predicted octanol–water partition coefficient (Wildman–Crippen LogP) is 3.99. The molecule has 1 aliphatic rings. The van der Waals surface area contributed by atoms with E-state index in [1.54, 1.807) is 12.1 Å². The van der Waals surface area contributed by atoms with E-state index in [0.717, 1.165) is 5.56 Å². The number of aliphatic imine (C=N–C) groups is 1. The molecule has 2 unspecified atom stereocenters. The third-order valence-corrected chi connectivity index (χ3v) is 4.40. The van der Waals surface area contributed by atoms with Crippen molar-refractivity contribution in [2.75, 3.05) is 0 Å². The number of Topliss-reactive ketones (excluding diaryl/α,β-unsaturated/α-hetero) is 1. The Bertz CT molecular complexity index is 820. The van der Waals surface area contributed by atoms with Crippen molar-refractivity contribution < 1.29 is 9.59 Å². The van der Waals surface area contributed by atoms with Gasteiger partial charge in [-0.25, -0.2) is 0 Å². The van der Waals surface area contributed by atoms with Crippen molar-refractivity contribution in [3.8, 4) is 0 Å². The Balaban J connectivity index is 1.95. The number of amidine groups is 1. The minimum atomic E-state index is -0.453. The minimum absolute atomic E-state index is 0.0244. The second kappa shape index (κ2) is 7.24. The molecule has 3 rings (SSSR count). The first kappa shape index (κ1) is 18.1. The predicted molar refractivity (Wildman–Crippen MR) is 103 cm³/mol. The topological polar surface area (TPSA) is 58.5 Å². The maximum absolute atomic E-state index is 12.7. The summed E-state index contributed by atoms with van der Waals surface area (Å²) in [6.07, 6.45) is 0.165. The average Bonchev–Trinajstić information content (AvgIpc) is 2.89. The van der Waals surface area contributed by atoms with E-state index in [4.69, 9.17) is 4.99 Å². The Labute approximate surface area is 154 Å². The monoisotopic (exact) mass is 348 g/mol. The van der Waals surface area contributed by atoms with Gasteiger partial charge in [0.05, 0.1) is 17.4 Å². The third-order valence-electron chi connectivity index (χ3n) is 4.40. The number of hydrogen-bond acceptors (Lipinski definition) is 3. The van der Waals surface area contributed by atoms with Crippen molar-refractivity contribution in [1.29, 1.82) is 0 Å². The van der Waals surface area contributed by atoms with Crippen LogP contribution in [0, 0.1) is 5.92 Å². The van der Waals surface area contributed by atoms with Crippen LogP contribution in [-0.4, -0.2) is 23.1 Å². The molecule has 0 spiro atoms. The molecule has 0 aliphatic carbocycles. The van der Waals surface area contributed by atoms with Crippen molar-refractivity contribution >= 4 is 17.5 Å². The molecule has 0 radical (unpaired) electrons. The molecule has 4 heteroatoms. The van der Waals surface area contributed by atoms with Crippen molar-refractivity contribution in [2.24, 2.45) is 10.9 Å². The lowest BCUT2D eigenvalue weighted by molar-refractivity contribution is -0.122. The summed E-state index contributed by atoms with van der Waals surface area (Å²) in [4.78, 5) is 30.1. The Morgan fingerprint density at radius 2 is 1.58 bits per heavy atom. The van der Waals surface area contributed by atoms with Gasteiger partial charge in [0.1, 0.15) is 5.84 Å². The van der Waals surface area contributed by atoms with Crippen LogP contribution in [0.4, 0.5) is 0 Å². The second-order valence-corrected chi connectivity index (χ2v) is 7.65. The lowest BCUT2D eigenvalue weighted by Gasteiger charge is -2.20. The molecular formula is C22H24N2O2. The molecule has 0 aromatic heterocycles. The van der Waals surface area contributed by atoms with Gasteiger partial charge in [-0.1, -0.05) is 60.7 Å². The molecule has 134 valence electrons. The maximum atomic E-state index is 12.7. The van der Waals surface area contributed by atoms with E-state index in [1.807, 2.05) is 69.3 Å². The fourth-order valence-electron chi connectivity index (χ4n) is 3.30. The molecule has 2 aromatic rings. The quantitative estimate of drug-likeness (QED) is 0.850. The molecule has 0 saturated carbocycles. The average molecular weight is 348 g/mol. The standard InChI is InChI=1S/C22H24N2O2/c1-22(2,3)24-20-19(16-12-8-5-9-13-16)17(21(26)23-20)14-18(25)15-10-6-4-7-11-15/h4-13,17,19H,14H2,1-3H3,(H,23,24,26). The SMILES string of the molecule is CC(C)(C)N=C1NC(=O)C(CC(=O)c2ccccc2)C1c1ccccc1. The number of hydrogen-bond donors (Lipinski definition) is 1. The molecule has 0 bridgehead atoms. The Morgan fingerprint density at radius 1 is 1.00 bits per heavy atom. The molecule has 1 aliphatic heterocycles. The van der Waals surface area contributed by atoms with Crippen molar-refractivity contribution in [3.63, 3.8) is 0 Å². The number of carbonyl (C=O) groups is 2. The number of nitrogens with one attached hydrogen (secondary N) is 1. The van der Waals surface area contributed by atoms with Crippen molar-refractivity contribution in [3.05, 3.63) is 71.8 Å². The summed E-state index contributed by atoms with van der Waals surface area (Å²) in [7, 11) is 0. The maximum Gasteiger partial charge on any atom is 0.229 e. The van der Waals surface area contributed by atoms with Gasteiger partial charge in [-0.3, -0.25) is 14.6 Å². The zero-order valence-electron chi connectivity index (χ0n) is 15.4. The highest BCUT2D eigenvalue weighted by Crippen LogP contribution is 2.34. The fourth-order valence-corrected chi connectivity index (χ4v) is 3.30. The summed E-state index contributed by atoms with van der Waals surface area (Å²) >= 11 is 0. The van der Waals surface area contributed by atoms with Crippen LogP contribution in [0.15, 0.2) is 65.7 Å². The summed E-state index contributed by atoms with van der Waals surface area (Å²) in [6.45, 7) is 5.99. The summed E-state index contributed by atoms with van der Waals surface area (Å²) in [5.41, 5.74) is 1.32. The van der Waals surface area contributed by atoms with Crippen LogP contribution in [0.25, 0.3) is 0 Å². The van der Waals surface area contributed by atoms with E-state index >= 15 is 0 Å². The first-order chi connectivity index (χ1) is 12.3. The van der Waals surface area contributed by atoms with Crippen molar-refractivity contribution in [2.45, 2.75) is 38.6 Å². The third kappa shape index (κ3) is 4.07. The van der Waals surface area contributed by atoms with Gasteiger partial charge in [-0.05, 0) is 26.3 Å². The lowest BCUT2D eigenvalue weighted by Crippen LogP contribution is -2.26. The lowest BCUT2D eigenvalue weighted by atomic mass is 9.83. The molecule has 1 saturated heterocycles. The summed E-state index contributed by atoms with van der Waals surface area (Å²) in [5.74, 6) is -0.184. The molecular weight excluding hydrogens is 324 g/mol. The number of benzene rings is 2. The largest absolute Gasteiger partial charge is 0.314 e. The van der Waals surface area contributed by atoms with E-state index in [0.29, 0.717) is 11.4 Å². The van der Waals surface area contributed by atoms with Crippen LogP contribution in [-0.2, 0) is 4.79 Å². The van der Waals surface area contributed by atoms with Gasteiger partial charge in [-0.2, -0.15) is 0 Å². The van der Waals surface area contributed by atoms with Gasteiger partial charge in [0.2, 0.25) is 5.91 Å². The van der Waals surface area contributed by atoms with Crippen molar-refractivity contribution in [1.82, 2.24) is 5.32 Å². The Hall–Kier alpha value is -2.75. The van der Waals surface area contributed by atoms with Crippen LogP contribution in [0.3, 0.4) is 0 Å². The Morgan fingerprint density at radius 3 is 2.15 bits per heavy atom. The van der Waals surface area contributed by atoms with Gasteiger partial charge in [0.15, 0.2) is 5.78 Å². The highest BCUT2D eigenvalue weighted by Gasteiger charge is 2.42. The summed E-state index contributed by atoms with van der Waals surface area (Å²) in [5, 5.41) is 2.92. The summed E-state index contributed by atoms with van der Waals surface area (Å²) < 4.78 is 0. The zero-order chi connectivity index (χ0) is 18.7. The number of carbonyl (C=O) groups excluding carboxylic acids is 2. The van der Waals surface area contributed by atoms with Crippen LogP contribution in [0.2, 0.25) is 0 Å². The van der Waals surface area contributed by atoms with E-state index in [1.165, 1.54) is 0 Å². The second-order valence-electron chi connectivity index (χ2n) is 7.65. The van der Waals surface area contributed by atoms with Crippen LogP contribution in [0.1, 0.15) is 49.0 Å². The number of ketones is 1. The van der Waals surface area contributed by atoms with E-state index in [-0.39, 0.29) is 29.6 Å². The number of rotatable bonds is 4. The number of nitrogens with zero attached hydrogens (tertiary/aromatic N) is 1. The fraction of sp³-hybridized carbons (Fsp3) is 0.318. The molecule has 1 N–H and O–H groups in total. The first-order valence-electron chi connectivity index (χ1n) is 8.89. The van der Waals surface area contributed by atoms with E-state index in [2.05, 4.69) is 5.32 Å². The highest BCUT2D eigenvalue weighted by atomic mass is 16.2. The van der Waals surface area contributed by atoms with Gasteiger partial charge in [-0.15, -0.1) is 0 Å². The Kier molecular flexibility index (Phi) is 5.03. The summed E-state index contributed by atoms with van der Waals surface area (Å²) in [6, 6.07) is 18.9. The van der Waals surface area contributed by atoms with Gasteiger partial charge in [0.25, 0.3) is 0 Å². The van der Waals surface area contributed by atoms with Crippen LogP contribution < -0.4 is 5.32 Å². The smallest absolute Gasteiger partial charge is 0.229 e. The molecule has 1 heterocycles. The molecule has 4 nitrogen and oxygen atoms in total. The highest BCUT2D eigenvalue weighted by molar-refractivity contribution is 6.12. The first-order valence-corrected chi connectivity index (χ1v) is 8.89. The normalized spacial score (nSPS) is 21.7. The van der Waals surface area contributed by atoms with Gasteiger partial charge >= 0.3 is 0 Å². The van der Waals surface area contributed by atoms with Gasteiger partial charge in [0, 0.05) is 12.0 Å². The zero-order valence-corrected chi connectivity index (χ0v) is 15.4. The molecule has 2 atom stereocenters. The molecule has 2 aromatic carbocycles. The van der Waals surface area contributed by atoms with E-state index < -0.39 is 5.92 Å². The molecule has 1 fully saturated rings. The van der Waals surface area contributed by atoms with Crippen LogP contribution >= 0.6 is 0 Å². The molecule has 26 heavy (non-hydrogen) atoms. The van der Waals surface area contributed by atoms with Gasteiger partial charge < -0.3 is 5.32 Å². The minimum Gasteiger partial charge on any atom is -0.314 e. The number of amides is 1.